The van der Waals surface area contributed by atoms with Crippen LogP contribution in [0.15, 0.2) is 42.7 Å². The van der Waals surface area contributed by atoms with Gasteiger partial charge in [-0.15, -0.1) is 0 Å². The number of rotatable bonds is 5. The predicted octanol–water partition coefficient (Wildman–Crippen LogP) is 2.63. The van der Waals surface area contributed by atoms with Gasteiger partial charge in [0.05, 0.1) is 12.7 Å². The van der Waals surface area contributed by atoms with Gasteiger partial charge >= 0.3 is 6.03 Å². The summed E-state index contributed by atoms with van der Waals surface area (Å²) >= 11 is 1.96. The molecule has 0 unspecified atom stereocenters. The van der Waals surface area contributed by atoms with Crippen LogP contribution in [0.2, 0.25) is 0 Å². The van der Waals surface area contributed by atoms with E-state index in [0.717, 1.165) is 36.5 Å². The normalized spacial score (nSPS) is 15.3. The summed E-state index contributed by atoms with van der Waals surface area (Å²) in [6.45, 7) is 1.24. The Hall–Kier alpha value is -1.95. The van der Waals surface area contributed by atoms with Gasteiger partial charge in [0, 0.05) is 24.3 Å². The second-order valence-electron chi connectivity index (χ2n) is 5.75. The molecule has 1 aromatic carbocycles. The topological polar surface area (TPSA) is 59.0 Å². The van der Waals surface area contributed by atoms with Crippen LogP contribution in [0.4, 0.5) is 4.79 Å². The molecule has 2 amide bonds. The van der Waals surface area contributed by atoms with Crippen LogP contribution in [0.5, 0.6) is 0 Å². The van der Waals surface area contributed by atoms with Gasteiger partial charge in [0.15, 0.2) is 0 Å². The molecule has 0 radical (unpaired) electrons. The number of hydrogen-bond acceptors (Lipinski definition) is 3. The molecule has 2 heterocycles. The number of nitrogens with one attached hydrogen (secondary N) is 2. The van der Waals surface area contributed by atoms with E-state index in [2.05, 4.69) is 27.9 Å². The monoisotopic (exact) mass is 330 g/mol. The number of benzene rings is 1. The van der Waals surface area contributed by atoms with Gasteiger partial charge in [-0.25, -0.2) is 4.79 Å². The summed E-state index contributed by atoms with van der Waals surface area (Å²) in [6.07, 6.45) is 5.91. The highest BCUT2D eigenvalue weighted by molar-refractivity contribution is 7.99. The summed E-state index contributed by atoms with van der Waals surface area (Å²) < 4.78 is 1.89. The molecule has 5 nitrogen and oxygen atoms in total. The molecular weight excluding hydrogens is 308 g/mol. The fourth-order valence-corrected chi connectivity index (χ4v) is 3.72. The number of carbonyl (C=O) groups is 1. The standard InChI is InChI=1S/C17H22N4OS/c22-17(20-16-6-8-23-9-7-16)18-10-15-11-19-21(13-15)12-14-4-2-1-3-5-14/h1-5,11,13,16H,6-10,12H2,(H2,18,20,22). The van der Waals surface area contributed by atoms with E-state index in [9.17, 15) is 4.79 Å². The van der Waals surface area contributed by atoms with E-state index in [1.165, 1.54) is 5.56 Å². The van der Waals surface area contributed by atoms with Crippen molar-refractivity contribution in [3.05, 3.63) is 53.9 Å². The Morgan fingerprint density at radius 1 is 1.22 bits per heavy atom. The van der Waals surface area contributed by atoms with Crippen molar-refractivity contribution in [2.24, 2.45) is 0 Å². The zero-order chi connectivity index (χ0) is 15.9. The summed E-state index contributed by atoms with van der Waals surface area (Å²) in [5, 5.41) is 10.3. The van der Waals surface area contributed by atoms with Crippen LogP contribution in [-0.2, 0) is 13.1 Å². The van der Waals surface area contributed by atoms with Crippen molar-refractivity contribution in [1.29, 1.82) is 0 Å². The largest absolute Gasteiger partial charge is 0.335 e. The van der Waals surface area contributed by atoms with Crippen LogP contribution in [0.25, 0.3) is 0 Å². The van der Waals surface area contributed by atoms with Crippen LogP contribution >= 0.6 is 11.8 Å². The Kier molecular flexibility index (Phi) is 5.58. The van der Waals surface area contributed by atoms with Gasteiger partial charge in [0.25, 0.3) is 0 Å². The Bertz CT molecular complexity index is 623. The Morgan fingerprint density at radius 2 is 2.00 bits per heavy atom. The third-order valence-electron chi connectivity index (χ3n) is 3.88. The van der Waals surface area contributed by atoms with Crippen LogP contribution in [0.1, 0.15) is 24.0 Å². The van der Waals surface area contributed by atoms with Crippen molar-refractivity contribution in [3.8, 4) is 0 Å². The number of urea groups is 1. The second-order valence-corrected chi connectivity index (χ2v) is 6.97. The van der Waals surface area contributed by atoms with Gasteiger partial charge in [-0.05, 0) is 29.9 Å². The van der Waals surface area contributed by atoms with Crippen LogP contribution in [0.3, 0.4) is 0 Å². The summed E-state index contributed by atoms with van der Waals surface area (Å²) in [5.41, 5.74) is 2.22. The minimum Gasteiger partial charge on any atom is -0.335 e. The molecule has 6 heteroatoms. The van der Waals surface area contributed by atoms with Crippen molar-refractivity contribution in [2.45, 2.75) is 32.0 Å². The quantitative estimate of drug-likeness (QED) is 0.886. The van der Waals surface area contributed by atoms with Crippen molar-refractivity contribution in [2.75, 3.05) is 11.5 Å². The van der Waals surface area contributed by atoms with Gasteiger partial charge in [0.1, 0.15) is 0 Å². The molecule has 2 aromatic rings. The number of amides is 2. The second kappa shape index (κ2) is 8.06. The lowest BCUT2D eigenvalue weighted by atomic mass is 10.2. The van der Waals surface area contributed by atoms with Gasteiger partial charge in [-0.3, -0.25) is 4.68 Å². The zero-order valence-corrected chi connectivity index (χ0v) is 13.9. The SMILES string of the molecule is O=C(NCc1cnn(Cc2ccccc2)c1)NC1CCSCC1. The molecule has 1 saturated heterocycles. The molecule has 1 aliphatic heterocycles. The zero-order valence-electron chi connectivity index (χ0n) is 13.1. The highest BCUT2D eigenvalue weighted by Crippen LogP contribution is 2.16. The molecule has 0 saturated carbocycles. The molecular formula is C17H22N4OS. The average Bonchev–Trinajstić information content (AvgIpc) is 3.02. The maximum atomic E-state index is 11.9. The summed E-state index contributed by atoms with van der Waals surface area (Å²) in [7, 11) is 0. The smallest absolute Gasteiger partial charge is 0.315 e. The molecule has 0 aliphatic carbocycles. The third kappa shape index (κ3) is 5.03. The third-order valence-corrected chi connectivity index (χ3v) is 4.93. The predicted molar refractivity (Wildman–Crippen MR) is 93.5 cm³/mol. The fraction of sp³-hybridized carbons (Fsp3) is 0.412. The first-order chi connectivity index (χ1) is 11.3. The molecule has 1 aliphatic rings. The number of aromatic nitrogens is 2. The maximum absolute atomic E-state index is 11.9. The lowest BCUT2D eigenvalue weighted by molar-refractivity contribution is 0.235. The first-order valence-electron chi connectivity index (χ1n) is 7.97. The molecule has 0 bridgehead atoms. The van der Waals surface area contributed by atoms with E-state index in [4.69, 9.17) is 0 Å². The first-order valence-corrected chi connectivity index (χ1v) is 9.12. The van der Waals surface area contributed by atoms with Gasteiger partial charge in [0.2, 0.25) is 0 Å². The van der Waals surface area contributed by atoms with Gasteiger partial charge in [-0.1, -0.05) is 30.3 Å². The number of carbonyl (C=O) groups excluding carboxylic acids is 1. The minimum absolute atomic E-state index is 0.0855. The highest BCUT2D eigenvalue weighted by atomic mass is 32.2. The average molecular weight is 330 g/mol. The van der Waals surface area contributed by atoms with Crippen molar-refractivity contribution >= 4 is 17.8 Å². The van der Waals surface area contributed by atoms with E-state index < -0.39 is 0 Å². The molecule has 1 fully saturated rings. The van der Waals surface area contributed by atoms with Crippen molar-refractivity contribution < 1.29 is 4.79 Å². The molecule has 0 spiro atoms. The van der Waals surface area contributed by atoms with Gasteiger partial charge in [-0.2, -0.15) is 16.9 Å². The summed E-state index contributed by atoms with van der Waals surface area (Å²) in [5.74, 6) is 2.27. The number of nitrogens with zero attached hydrogens (tertiary/aromatic N) is 2. The summed E-state index contributed by atoms with van der Waals surface area (Å²) in [4.78, 5) is 11.9. The molecule has 1 aromatic heterocycles. The van der Waals surface area contributed by atoms with Crippen LogP contribution < -0.4 is 10.6 Å². The number of hydrogen-bond donors (Lipinski definition) is 2. The molecule has 2 N–H and O–H groups in total. The van der Waals surface area contributed by atoms with E-state index in [0.29, 0.717) is 12.6 Å². The van der Waals surface area contributed by atoms with Crippen LogP contribution in [0, 0.1) is 0 Å². The van der Waals surface area contributed by atoms with E-state index in [1.807, 2.05) is 40.8 Å². The summed E-state index contributed by atoms with van der Waals surface area (Å²) in [6, 6.07) is 10.4. The molecule has 0 atom stereocenters. The van der Waals surface area contributed by atoms with E-state index in [-0.39, 0.29) is 6.03 Å². The Morgan fingerprint density at radius 3 is 2.78 bits per heavy atom. The Labute approximate surface area is 140 Å². The fourth-order valence-electron chi connectivity index (χ4n) is 2.62. The highest BCUT2D eigenvalue weighted by Gasteiger charge is 2.15. The molecule has 23 heavy (non-hydrogen) atoms. The van der Waals surface area contributed by atoms with E-state index >= 15 is 0 Å². The molecule has 122 valence electrons. The minimum atomic E-state index is -0.0855. The Balaban J connectivity index is 1.44. The lowest BCUT2D eigenvalue weighted by Gasteiger charge is -2.22. The van der Waals surface area contributed by atoms with Gasteiger partial charge < -0.3 is 10.6 Å². The van der Waals surface area contributed by atoms with Crippen molar-refractivity contribution in [1.82, 2.24) is 20.4 Å². The van der Waals surface area contributed by atoms with Crippen molar-refractivity contribution in [3.63, 3.8) is 0 Å². The van der Waals surface area contributed by atoms with Crippen LogP contribution in [-0.4, -0.2) is 33.4 Å². The maximum Gasteiger partial charge on any atom is 0.315 e. The number of thioether (sulfide) groups is 1. The lowest BCUT2D eigenvalue weighted by Crippen LogP contribution is -2.43. The first kappa shape index (κ1) is 15.9. The molecule has 3 rings (SSSR count). The van der Waals surface area contributed by atoms with E-state index in [1.54, 1.807) is 6.20 Å².